The average molecular weight is 582 g/mol. The highest BCUT2D eigenvalue weighted by atomic mass is 35.5. The van der Waals surface area contributed by atoms with Crippen LogP contribution >= 0.6 is 11.6 Å². The summed E-state index contributed by atoms with van der Waals surface area (Å²) in [5, 5.41) is 3.64. The molecule has 212 valence electrons. The molecule has 0 saturated heterocycles. The lowest BCUT2D eigenvalue weighted by Gasteiger charge is -2.33. The molecule has 40 heavy (non-hydrogen) atoms. The van der Waals surface area contributed by atoms with Crippen molar-refractivity contribution < 1.29 is 18.0 Å². The molecule has 9 heteroatoms. The maximum Gasteiger partial charge on any atom is 0.264 e. The first kappa shape index (κ1) is 29.6. The van der Waals surface area contributed by atoms with Gasteiger partial charge < -0.3 is 10.2 Å². The largest absolute Gasteiger partial charge is 0.352 e. The van der Waals surface area contributed by atoms with E-state index in [9.17, 15) is 18.0 Å². The number of anilines is 1. The van der Waals surface area contributed by atoms with Crippen LogP contribution in [0.1, 0.15) is 49.3 Å². The number of amides is 2. The van der Waals surface area contributed by atoms with E-state index in [4.69, 9.17) is 11.6 Å². The van der Waals surface area contributed by atoms with Crippen molar-refractivity contribution >= 4 is 39.1 Å². The Kier molecular flexibility index (Phi) is 9.53. The number of nitrogens with one attached hydrogen (secondary N) is 1. The fourth-order valence-electron chi connectivity index (χ4n) is 5.00. The highest BCUT2D eigenvalue weighted by Crippen LogP contribution is 2.29. The minimum absolute atomic E-state index is 0.0833. The van der Waals surface area contributed by atoms with Gasteiger partial charge in [0.05, 0.1) is 10.6 Å². The lowest BCUT2D eigenvalue weighted by atomic mass is 10.1. The van der Waals surface area contributed by atoms with Gasteiger partial charge in [0.1, 0.15) is 12.6 Å². The number of carbonyl (C=O) groups is 2. The first-order chi connectivity index (χ1) is 19.1. The van der Waals surface area contributed by atoms with Gasteiger partial charge in [-0.15, -0.1) is 0 Å². The lowest BCUT2D eigenvalue weighted by Crippen LogP contribution is -2.52. The van der Waals surface area contributed by atoms with E-state index >= 15 is 0 Å². The van der Waals surface area contributed by atoms with E-state index in [1.54, 1.807) is 61.5 Å². The van der Waals surface area contributed by atoms with Crippen molar-refractivity contribution in [2.24, 2.45) is 0 Å². The summed E-state index contributed by atoms with van der Waals surface area (Å²) >= 11 is 6.07. The van der Waals surface area contributed by atoms with Crippen molar-refractivity contribution in [3.05, 3.63) is 94.5 Å². The minimum Gasteiger partial charge on any atom is -0.352 e. The van der Waals surface area contributed by atoms with E-state index < -0.39 is 28.5 Å². The summed E-state index contributed by atoms with van der Waals surface area (Å²) in [7, 11) is -4.10. The van der Waals surface area contributed by atoms with Crippen LogP contribution < -0.4 is 9.62 Å². The molecule has 3 aromatic carbocycles. The topological polar surface area (TPSA) is 86.8 Å². The van der Waals surface area contributed by atoms with Gasteiger partial charge in [-0.1, -0.05) is 66.9 Å². The molecule has 0 bridgehead atoms. The number of nitrogens with zero attached hydrogens (tertiary/aromatic N) is 2. The minimum atomic E-state index is -4.10. The van der Waals surface area contributed by atoms with Crippen molar-refractivity contribution in [3.63, 3.8) is 0 Å². The van der Waals surface area contributed by atoms with Crippen LogP contribution in [0.5, 0.6) is 0 Å². The standard InChI is InChI=1S/C31H36ClN3O4S/c1-22-10-9-15-29(23(22)2)35(40(38,39)28-13-5-4-6-14-28)21-30(36)34(20-25-16-18-26(32)19-17-25)24(3)31(37)33-27-11-7-8-12-27/h4-6,9-10,13-19,24,27H,7-8,11-12,20-21H2,1-3H3,(H,33,37)/t24-/m0/s1. The summed E-state index contributed by atoms with van der Waals surface area (Å²) in [6.07, 6.45) is 3.96. The average Bonchev–Trinajstić information content (AvgIpc) is 3.46. The van der Waals surface area contributed by atoms with Crippen LogP contribution in [-0.4, -0.2) is 43.8 Å². The molecule has 1 atom stereocenters. The van der Waals surface area contributed by atoms with Gasteiger partial charge in [-0.2, -0.15) is 0 Å². The number of benzene rings is 3. The first-order valence-electron chi connectivity index (χ1n) is 13.6. The number of halogens is 1. The van der Waals surface area contributed by atoms with Gasteiger partial charge in [0.15, 0.2) is 0 Å². The van der Waals surface area contributed by atoms with Crippen LogP contribution in [0.2, 0.25) is 5.02 Å². The highest BCUT2D eigenvalue weighted by molar-refractivity contribution is 7.92. The second-order valence-electron chi connectivity index (χ2n) is 10.4. The van der Waals surface area contributed by atoms with E-state index in [0.29, 0.717) is 10.7 Å². The van der Waals surface area contributed by atoms with Crippen molar-refractivity contribution in [2.45, 2.75) is 70.0 Å². The van der Waals surface area contributed by atoms with Gasteiger partial charge in [-0.25, -0.2) is 8.42 Å². The zero-order valence-corrected chi connectivity index (χ0v) is 24.7. The molecule has 1 fully saturated rings. The summed E-state index contributed by atoms with van der Waals surface area (Å²) in [6, 6.07) is 19.8. The van der Waals surface area contributed by atoms with Crippen LogP contribution in [0, 0.1) is 13.8 Å². The molecule has 4 rings (SSSR count). The Morgan fingerprint density at radius 1 is 0.950 bits per heavy atom. The summed E-state index contributed by atoms with van der Waals surface area (Å²) in [6.45, 7) is 5.09. The number of carbonyl (C=O) groups excluding carboxylic acids is 2. The summed E-state index contributed by atoms with van der Waals surface area (Å²) in [5.74, 6) is -0.733. The van der Waals surface area contributed by atoms with Crippen LogP contribution in [-0.2, 0) is 26.2 Å². The molecular weight excluding hydrogens is 546 g/mol. The molecule has 0 radical (unpaired) electrons. The smallest absolute Gasteiger partial charge is 0.264 e. The fraction of sp³-hybridized carbons (Fsp3) is 0.355. The van der Waals surface area contributed by atoms with Crippen LogP contribution in [0.25, 0.3) is 0 Å². The number of hydrogen-bond donors (Lipinski definition) is 1. The van der Waals surface area contributed by atoms with Gasteiger partial charge >= 0.3 is 0 Å². The van der Waals surface area contributed by atoms with Crippen LogP contribution in [0.3, 0.4) is 0 Å². The van der Waals surface area contributed by atoms with Gasteiger partial charge in [0, 0.05) is 17.6 Å². The predicted octanol–water partition coefficient (Wildman–Crippen LogP) is 5.63. The molecule has 0 unspecified atom stereocenters. The Balaban J connectivity index is 1.70. The molecule has 0 aromatic heterocycles. The zero-order valence-electron chi connectivity index (χ0n) is 23.1. The molecule has 1 aliphatic rings. The highest BCUT2D eigenvalue weighted by Gasteiger charge is 2.34. The van der Waals surface area contributed by atoms with E-state index in [1.165, 1.54) is 17.0 Å². The third kappa shape index (κ3) is 6.85. The Bertz CT molecular complexity index is 1440. The summed E-state index contributed by atoms with van der Waals surface area (Å²) in [4.78, 5) is 28.9. The van der Waals surface area contributed by atoms with Gasteiger partial charge in [0.25, 0.3) is 10.0 Å². The van der Waals surface area contributed by atoms with E-state index in [2.05, 4.69) is 5.32 Å². The molecule has 0 aliphatic heterocycles. The zero-order chi connectivity index (χ0) is 28.9. The second kappa shape index (κ2) is 12.9. The fourth-order valence-corrected chi connectivity index (χ4v) is 6.62. The van der Waals surface area contributed by atoms with Crippen molar-refractivity contribution in [1.82, 2.24) is 10.2 Å². The molecule has 3 aromatic rings. The molecule has 1 aliphatic carbocycles. The molecule has 1 N–H and O–H groups in total. The Morgan fingerprint density at radius 2 is 1.60 bits per heavy atom. The molecular formula is C31H36ClN3O4S. The normalized spacial score (nSPS) is 14.5. The maximum absolute atomic E-state index is 14.1. The number of sulfonamides is 1. The Labute approximate surface area is 242 Å². The molecule has 0 spiro atoms. The quantitative estimate of drug-likeness (QED) is 0.336. The number of aryl methyl sites for hydroxylation is 1. The molecule has 2 amide bonds. The third-order valence-electron chi connectivity index (χ3n) is 7.59. The van der Waals surface area contributed by atoms with E-state index in [1.807, 2.05) is 19.9 Å². The second-order valence-corrected chi connectivity index (χ2v) is 12.7. The monoisotopic (exact) mass is 581 g/mol. The Hall–Kier alpha value is -3.36. The maximum atomic E-state index is 14.1. The van der Waals surface area contributed by atoms with Crippen LogP contribution in [0.15, 0.2) is 77.7 Å². The van der Waals surface area contributed by atoms with Crippen molar-refractivity contribution in [3.8, 4) is 0 Å². The van der Waals surface area contributed by atoms with Gasteiger partial charge in [-0.05, 0) is 80.6 Å². The van der Waals surface area contributed by atoms with Crippen LogP contribution in [0.4, 0.5) is 5.69 Å². The molecule has 7 nitrogen and oxygen atoms in total. The summed E-state index contributed by atoms with van der Waals surface area (Å²) in [5.41, 5.74) is 2.86. The summed E-state index contributed by atoms with van der Waals surface area (Å²) < 4.78 is 29.0. The van der Waals surface area contributed by atoms with Gasteiger partial charge in [-0.3, -0.25) is 13.9 Å². The number of hydrogen-bond acceptors (Lipinski definition) is 4. The van der Waals surface area contributed by atoms with E-state index in [0.717, 1.165) is 46.7 Å². The Morgan fingerprint density at radius 3 is 2.25 bits per heavy atom. The van der Waals surface area contributed by atoms with E-state index in [-0.39, 0.29) is 23.4 Å². The third-order valence-corrected chi connectivity index (χ3v) is 9.62. The van der Waals surface area contributed by atoms with Crippen molar-refractivity contribution in [2.75, 3.05) is 10.8 Å². The SMILES string of the molecule is Cc1cccc(N(CC(=O)N(Cc2ccc(Cl)cc2)[C@@H](C)C(=O)NC2CCCC2)S(=O)(=O)c2ccccc2)c1C. The lowest BCUT2D eigenvalue weighted by molar-refractivity contribution is -0.139. The molecule has 1 saturated carbocycles. The first-order valence-corrected chi connectivity index (χ1v) is 15.4. The van der Waals surface area contributed by atoms with Gasteiger partial charge in [0.2, 0.25) is 11.8 Å². The number of rotatable bonds is 10. The predicted molar refractivity (Wildman–Crippen MR) is 159 cm³/mol. The van der Waals surface area contributed by atoms with Crippen molar-refractivity contribution in [1.29, 1.82) is 0 Å². The molecule has 0 heterocycles.